The Morgan fingerprint density at radius 2 is 0.892 bits per heavy atom. The van der Waals surface area contributed by atoms with Gasteiger partial charge in [0.1, 0.15) is 0 Å². The van der Waals surface area contributed by atoms with Crippen LogP contribution >= 0.6 is 0 Å². The van der Waals surface area contributed by atoms with Gasteiger partial charge in [0.15, 0.2) is 0 Å². The average Bonchev–Trinajstić information content (AvgIpc) is 3.70. The summed E-state index contributed by atoms with van der Waals surface area (Å²) in [5, 5.41) is 12.3. The average molecular weight is 732 g/mol. The maximum absolute atomic E-state index is 12.3. The third-order valence-electron chi connectivity index (χ3n) is 11.5. The van der Waals surface area contributed by atoms with E-state index >= 15 is 0 Å². The molecule has 0 unspecified atom stereocenters. The molecule has 2 aliphatic carbocycles. The van der Waals surface area contributed by atoms with Crippen LogP contribution in [0.15, 0.2) is 0 Å². The molecule has 37 heavy (non-hydrogen) atoms. The molecule has 2 atom stereocenters. The van der Waals surface area contributed by atoms with Crippen molar-refractivity contribution in [2.75, 3.05) is 0 Å². The van der Waals surface area contributed by atoms with Crippen molar-refractivity contribution < 1.29 is 5.11 Å². The second kappa shape index (κ2) is 18.2. The van der Waals surface area contributed by atoms with Crippen molar-refractivity contribution >= 4 is 36.8 Å². The predicted octanol–water partition coefficient (Wildman–Crippen LogP) is 11.9. The second-order valence-corrected chi connectivity index (χ2v) is 46.2. The Morgan fingerprint density at radius 3 is 1.19 bits per heavy atom. The summed E-state index contributed by atoms with van der Waals surface area (Å²) in [6.07, 6.45) is 25.8. The van der Waals surface area contributed by atoms with Gasteiger partial charge in [-0.1, -0.05) is 0 Å². The van der Waals surface area contributed by atoms with E-state index in [-0.39, 0.29) is 6.10 Å². The van der Waals surface area contributed by atoms with Crippen molar-refractivity contribution in [2.45, 2.75) is 191 Å². The van der Waals surface area contributed by atoms with Crippen LogP contribution in [0.3, 0.4) is 0 Å². The Morgan fingerprint density at radius 1 is 0.568 bits per heavy atom. The first-order valence-electron chi connectivity index (χ1n) is 17.7. The van der Waals surface area contributed by atoms with Gasteiger partial charge >= 0.3 is 245 Å². The van der Waals surface area contributed by atoms with Crippen molar-refractivity contribution in [1.29, 1.82) is 0 Å². The molecular formula is C34H70OSn2. The Hall–Kier alpha value is 1.56. The molecule has 0 aromatic heterocycles. The van der Waals surface area contributed by atoms with Crippen molar-refractivity contribution in [3.05, 3.63) is 0 Å². The Labute approximate surface area is 243 Å². The maximum atomic E-state index is 12.3. The molecule has 0 spiro atoms. The van der Waals surface area contributed by atoms with E-state index in [1.165, 1.54) is 116 Å². The van der Waals surface area contributed by atoms with E-state index in [0.717, 1.165) is 7.36 Å². The van der Waals surface area contributed by atoms with Gasteiger partial charge in [0.05, 0.1) is 0 Å². The summed E-state index contributed by atoms with van der Waals surface area (Å²) >= 11 is -5.13. The van der Waals surface area contributed by atoms with Gasteiger partial charge in [-0.05, 0) is 0 Å². The molecule has 2 saturated carbocycles. The molecule has 2 rings (SSSR count). The molecule has 0 radical (unpaired) electrons. The van der Waals surface area contributed by atoms with Crippen LogP contribution in [0.1, 0.15) is 157 Å². The zero-order valence-electron chi connectivity index (χ0n) is 26.6. The first kappa shape index (κ1) is 34.8. The fourth-order valence-corrected chi connectivity index (χ4v) is 87.3. The van der Waals surface area contributed by atoms with Crippen molar-refractivity contribution in [3.63, 3.8) is 0 Å². The molecule has 0 aromatic rings. The zero-order chi connectivity index (χ0) is 27.2. The molecule has 220 valence electrons. The molecule has 2 aliphatic rings. The van der Waals surface area contributed by atoms with Crippen LogP contribution in [-0.4, -0.2) is 48.0 Å². The third-order valence-corrected chi connectivity index (χ3v) is 68.3. The van der Waals surface area contributed by atoms with Gasteiger partial charge in [-0.25, -0.2) is 0 Å². The number of hydrogen-bond donors (Lipinski definition) is 1. The number of hydrogen-bond acceptors (Lipinski definition) is 1. The van der Waals surface area contributed by atoms with Crippen LogP contribution in [0.2, 0.25) is 28.1 Å². The van der Waals surface area contributed by atoms with Crippen LogP contribution in [0.25, 0.3) is 0 Å². The summed E-state index contributed by atoms with van der Waals surface area (Å²) in [4.78, 5) is 0. The summed E-state index contributed by atoms with van der Waals surface area (Å²) in [5.41, 5.74) is 0. The van der Waals surface area contributed by atoms with Crippen molar-refractivity contribution in [3.8, 4) is 0 Å². The molecule has 0 amide bonds. The fourth-order valence-electron chi connectivity index (χ4n) is 9.47. The second-order valence-electron chi connectivity index (χ2n) is 13.9. The van der Waals surface area contributed by atoms with Gasteiger partial charge in [0, 0.05) is 0 Å². The van der Waals surface area contributed by atoms with E-state index in [1.54, 1.807) is 26.6 Å². The zero-order valence-corrected chi connectivity index (χ0v) is 32.4. The topological polar surface area (TPSA) is 20.2 Å². The van der Waals surface area contributed by atoms with Crippen LogP contribution in [0, 0.1) is 11.8 Å². The van der Waals surface area contributed by atoms with Crippen LogP contribution in [0.4, 0.5) is 0 Å². The number of rotatable bonds is 22. The predicted molar refractivity (Wildman–Crippen MR) is 173 cm³/mol. The van der Waals surface area contributed by atoms with Crippen LogP contribution < -0.4 is 0 Å². The summed E-state index contributed by atoms with van der Waals surface area (Å²) in [5.74, 6) is 1.39. The fraction of sp³-hybridized carbons (Fsp3) is 1.00. The van der Waals surface area contributed by atoms with E-state index in [1.807, 2.05) is 0 Å². The van der Waals surface area contributed by atoms with Crippen molar-refractivity contribution in [2.24, 2.45) is 11.8 Å². The Balaban J connectivity index is 2.69. The van der Waals surface area contributed by atoms with E-state index in [2.05, 4.69) is 41.5 Å². The van der Waals surface area contributed by atoms with Gasteiger partial charge in [-0.3, -0.25) is 0 Å². The third kappa shape index (κ3) is 8.54. The molecule has 0 saturated heterocycles. The minimum absolute atomic E-state index is 0.0576. The van der Waals surface area contributed by atoms with Gasteiger partial charge in [0.25, 0.3) is 0 Å². The SMILES string of the molecule is CCC[CH2][Sn]([CH2]CCC)([CH2]CCC)[C]1([Sn]([CH2]CCC)([CH2]CCC)[CH2]CCC)C[C@H]1[C@H](O)C1CCCCC1. The number of aliphatic hydroxyl groups excluding tert-OH is 1. The minimum atomic E-state index is -2.56. The van der Waals surface area contributed by atoms with E-state index in [0.29, 0.717) is 5.92 Å². The number of unbranched alkanes of at least 4 members (excludes halogenated alkanes) is 6. The molecule has 1 nitrogen and oxygen atoms in total. The van der Waals surface area contributed by atoms with Crippen LogP contribution in [-0.2, 0) is 0 Å². The monoisotopic (exact) mass is 734 g/mol. The summed E-state index contributed by atoms with van der Waals surface area (Å²) in [6, 6.07) is 0. The van der Waals surface area contributed by atoms with Gasteiger partial charge in [-0.2, -0.15) is 0 Å². The van der Waals surface area contributed by atoms with Crippen molar-refractivity contribution in [1.82, 2.24) is 0 Å². The Kier molecular flexibility index (Phi) is 17.1. The van der Waals surface area contributed by atoms with E-state index in [4.69, 9.17) is 0 Å². The summed E-state index contributed by atoms with van der Waals surface area (Å²) in [7, 11) is 0. The molecule has 0 bridgehead atoms. The first-order valence-corrected chi connectivity index (χ1v) is 32.6. The summed E-state index contributed by atoms with van der Waals surface area (Å²) < 4.78 is 10.9. The van der Waals surface area contributed by atoms with E-state index < -0.39 is 36.8 Å². The molecule has 0 aliphatic heterocycles. The first-order chi connectivity index (χ1) is 18.0. The normalized spacial score (nSPS) is 21.3. The molecule has 1 N–H and O–H groups in total. The molecular weight excluding hydrogens is 662 g/mol. The Bertz CT molecular complexity index is 509. The molecule has 0 aromatic carbocycles. The molecule has 0 heterocycles. The number of aliphatic hydroxyl groups is 1. The molecule has 2 fully saturated rings. The quantitative estimate of drug-likeness (QED) is 0.110. The van der Waals surface area contributed by atoms with E-state index in [9.17, 15) is 5.11 Å². The van der Waals surface area contributed by atoms with Gasteiger partial charge in [-0.15, -0.1) is 0 Å². The van der Waals surface area contributed by atoms with Gasteiger partial charge < -0.3 is 0 Å². The standard InChI is InChI=1S/C10H16O.6C4H9.2Sn/c11-10(9-6-7-9)8-4-2-1-3-5-8;6*1-3-4-2;;/h8-11H,1-6H2;6*1,3-4H2,2H3;;/t9-,10-;;;;;;;;/m1......../s1. The van der Waals surface area contributed by atoms with Gasteiger partial charge in [0.2, 0.25) is 0 Å². The molecule has 3 heteroatoms. The van der Waals surface area contributed by atoms with Crippen LogP contribution in [0.5, 0.6) is 0 Å². The summed E-state index contributed by atoms with van der Waals surface area (Å²) in [6.45, 7) is 14.8.